The molecule has 144 valence electrons. The van der Waals surface area contributed by atoms with Crippen molar-refractivity contribution in [3.05, 3.63) is 106 Å². The van der Waals surface area contributed by atoms with Gasteiger partial charge in [-0.15, -0.1) is 0 Å². The highest BCUT2D eigenvalue weighted by atomic mass is 16.5. The number of rotatable bonds is 5. The molecule has 1 heterocycles. The van der Waals surface area contributed by atoms with Crippen LogP contribution in [0.2, 0.25) is 0 Å². The van der Waals surface area contributed by atoms with E-state index in [0.717, 1.165) is 17.0 Å². The summed E-state index contributed by atoms with van der Waals surface area (Å²) in [5, 5.41) is 3.42. The van der Waals surface area contributed by atoms with E-state index in [4.69, 9.17) is 4.74 Å². The first-order chi connectivity index (χ1) is 14.1. The molecule has 1 aromatic heterocycles. The number of hydrogen-bond donors (Lipinski definition) is 2. The largest absolute Gasteiger partial charge is 0.489 e. The lowest BCUT2D eigenvalue weighted by atomic mass is 10.1. The molecule has 3 aromatic carbocycles. The number of aromatic amines is 1. The number of pyridine rings is 1. The summed E-state index contributed by atoms with van der Waals surface area (Å²) in [7, 11) is 0. The average molecular weight is 384 g/mol. The number of benzene rings is 3. The predicted molar refractivity (Wildman–Crippen MR) is 114 cm³/mol. The van der Waals surface area contributed by atoms with Gasteiger partial charge in [-0.05, 0) is 43.3 Å². The Morgan fingerprint density at radius 1 is 0.966 bits per heavy atom. The molecule has 0 fully saturated rings. The molecule has 0 saturated heterocycles. The summed E-state index contributed by atoms with van der Waals surface area (Å²) in [4.78, 5) is 28.2. The molecule has 1 amide bonds. The van der Waals surface area contributed by atoms with Gasteiger partial charge in [0.2, 0.25) is 0 Å². The van der Waals surface area contributed by atoms with Gasteiger partial charge in [0.1, 0.15) is 12.4 Å². The molecule has 4 aromatic rings. The first-order valence-corrected chi connectivity index (χ1v) is 9.31. The number of fused-ring (bicyclic) bond motifs is 1. The molecule has 29 heavy (non-hydrogen) atoms. The smallest absolute Gasteiger partial charge is 0.255 e. The third-order valence-corrected chi connectivity index (χ3v) is 4.63. The number of ether oxygens (including phenoxy) is 1. The molecular formula is C24H20N2O3. The molecule has 0 aliphatic carbocycles. The van der Waals surface area contributed by atoms with Gasteiger partial charge in [-0.2, -0.15) is 0 Å². The van der Waals surface area contributed by atoms with Gasteiger partial charge in [0.15, 0.2) is 5.43 Å². The van der Waals surface area contributed by atoms with Crippen LogP contribution in [0.4, 0.5) is 5.69 Å². The number of nitrogens with one attached hydrogen (secondary N) is 2. The van der Waals surface area contributed by atoms with Crippen molar-refractivity contribution in [2.45, 2.75) is 13.5 Å². The summed E-state index contributed by atoms with van der Waals surface area (Å²) in [5.41, 5.74) is 3.34. The van der Waals surface area contributed by atoms with Crippen molar-refractivity contribution in [1.29, 1.82) is 0 Å². The minimum Gasteiger partial charge on any atom is -0.489 e. The second kappa shape index (κ2) is 8.02. The topological polar surface area (TPSA) is 71.2 Å². The van der Waals surface area contributed by atoms with Gasteiger partial charge in [0.25, 0.3) is 5.91 Å². The molecular weight excluding hydrogens is 364 g/mol. The van der Waals surface area contributed by atoms with E-state index in [0.29, 0.717) is 28.8 Å². The zero-order valence-corrected chi connectivity index (χ0v) is 15.9. The van der Waals surface area contributed by atoms with Gasteiger partial charge in [-0.25, -0.2) is 0 Å². The van der Waals surface area contributed by atoms with Crippen LogP contribution in [0.1, 0.15) is 21.6 Å². The Labute approximate surface area is 168 Å². The van der Waals surface area contributed by atoms with E-state index >= 15 is 0 Å². The molecule has 0 aliphatic heterocycles. The third-order valence-electron chi connectivity index (χ3n) is 4.63. The minimum atomic E-state index is -0.279. The van der Waals surface area contributed by atoms with Gasteiger partial charge in [-0.1, -0.05) is 36.4 Å². The van der Waals surface area contributed by atoms with Crippen molar-refractivity contribution in [2.24, 2.45) is 0 Å². The maximum Gasteiger partial charge on any atom is 0.255 e. The molecule has 5 nitrogen and oxygen atoms in total. The number of aryl methyl sites for hydroxylation is 1. The number of H-pyrrole nitrogens is 1. The molecule has 4 rings (SSSR count). The highest BCUT2D eigenvalue weighted by Crippen LogP contribution is 2.20. The van der Waals surface area contributed by atoms with Crippen molar-refractivity contribution in [3.63, 3.8) is 0 Å². The van der Waals surface area contributed by atoms with E-state index in [1.165, 1.54) is 6.07 Å². The summed E-state index contributed by atoms with van der Waals surface area (Å²) in [6, 6.07) is 23.6. The maximum atomic E-state index is 12.8. The molecule has 0 aliphatic rings. The van der Waals surface area contributed by atoms with Crippen LogP contribution >= 0.6 is 0 Å². The van der Waals surface area contributed by atoms with Crippen LogP contribution in [-0.4, -0.2) is 10.9 Å². The lowest BCUT2D eigenvalue weighted by Crippen LogP contribution is -2.15. The van der Waals surface area contributed by atoms with E-state index < -0.39 is 0 Å². The Hall–Kier alpha value is -3.86. The summed E-state index contributed by atoms with van der Waals surface area (Å²) >= 11 is 0. The van der Waals surface area contributed by atoms with E-state index in [1.54, 1.807) is 18.2 Å². The zero-order chi connectivity index (χ0) is 20.2. The monoisotopic (exact) mass is 384 g/mol. The number of aromatic nitrogens is 1. The van der Waals surface area contributed by atoms with Crippen LogP contribution in [0.25, 0.3) is 10.9 Å². The average Bonchev–Trinajstić information content (AvgIpc) is 2.73. The number of amides is 1. The van der Waals surface area contributed by atoms with E-state index in [9.17, 15) is 9.59 Å². The molecule has 0 spiro atoms. The summed E-state index contributed by atoms with van der Waals surface area (Å²) in [5.74, 6) is 0.483. The number of para-hydroxylation sites is 2. The standard InChI is InChI=1S/C24H20N2O3/c1-16-13-23(27)20-14-17(11-12-22(20)25-16)24(28)26-21-10-6-5-7-18(21)15-29-19-8-3-2-4-9-19/h2-14H,15H2,1H3,(H,25,27)(H,26,28). The fourth-order valence-corrected chi connectivity index (χ4v) is 3.16. The zero-order valence-electron chi connectivity index (χ0n) is 15.9. The number of hydrogen-bond acceptors (Lipinski definition) is 3. The van der Waals surface area contributed by atoms with Crippen molar-refractivity contribution in [3.8, 4) is 5.75 Å². The highest BCUT2D eigenvalue weighted by Gasteiger charge is 2.11. The SMILES string of the molecule is Cc1cc(=O)c2cc(C(=O)Nc3ccccc3COc3ccccc3)ccc2[nH]1. The van der Waals surface area contributed by atoms with Crippen molar-refractivity contribution in [1.82, 2.24) is 4.98 Å². The Morgan fingerprint density at radius 2 is 1.72 bits per heavy atom. The van der Waals surface area contributed by atoms with Crippen LogP contribution in [0.5, 0.6) is 5.75 Å². The fraction of sp³-hybridized carbons (Fsp3) is 0.0833. The Balaban J connectivity index is 1.56. The van der Waals surface area contributed by atoms with E-state index in [1.807, 2.05) is 61.5 Å². The first-order valence-electron chi connectivity index (χ1n) is 9.31. The Morgan fingerprint density at radius 3 is 2.55 bits per heavy atom. The van der Waals surface area contributed by atoms with Gasteiger partial charge in [0, 0.05) is 39.5 Å². The van der Waals surface area contributed by atoms with Crippen molar-refractivity contribution < 1.29 is 9.53 Å². The van der Waals surface area contributed by atoms with Gasteiger partial charge >= 0.3 is 0 Å². The molecule has 0 radical (unpaired) electrons. The molecule has 2 N–H and O–H groups in total. The lowest BCUT2D eigenvalue weighted by Gasteiger charge is -2.12. The molecule has 5 heteroatoms. The van der Waals surface area contributed by atoms with Crippen LogP contribution in [0.3, 0.4) is 0 Å². The number of anilines is 1. The van der Waals surface area contributed by atoms with Crippen LogP contribution in [0.15, 0.2) is 83.7 Å². The van der Waals surface area contributed by atoms with Crippen molar-refractivity contribution in [2.75, 3.05) is 5.32 Å². The summed E-state index contributed by atoms with van der Waals surface area (Å²) in [6.07, 6.45) is 0. The molecule has 0 bridgehead atoms. The highest BCUT2D eigenvalue weighted by molar-refractivity contribution is 6.06. The van der Waals surface area contributed by atoms with Crippen LogP contribution < -0.4 is 15.5 Å². The van der Waals surface area contributed by atoms with E-state index in [2.05, 4.69) is 10.3 Å². The first kappa shape index (κ1) is 18.5. The van der Waals surface area contributed by atoms with Gasteiger partial charge in [-0.3, -0.25) is 9.59 Å². The Kier molecular flexibility index (Phi) is 5.12. The fourth-order valence-electron chi connectivity index (χ4n) is 3.16. The number of carbonyl (C=O) groups is 1. The second-order valence-electron chi connectivity index (χ2n) is 6.79. The number of carbonyl (C=O) groups excluding carboxylic acids is 1. The Bertz CT molecular complexity index is 1230. The molecule has 0 unspecified atom stereocenters. The predicted octanol–water partition coefficient (Wildman–Crippen LogP) is 4.67. The molecule has 0 saturated carbocycles. The van der Waals surface area contributed by atoms with E-state index in [-0.39, 0.29) is 11.3 Å². The third kappa shape index (κ3) is 4.19. The van der Waals surface area contributed by atoms with Crippen LogP contribution in [0, 0.1) is 6.92 Å². The van der Waals surface area contributed by atoms with Crippen LogP contribution in [-0.2, 0) is 6.61 Å². The minimum absolute atomic E-state index is 0.109. The quantitative estimate of drug-likeness (QED) is 0.525. The summed E-state index contributed by atoms with van der Waals surface area (Å²) in [6.45, 7) is 2.16. The molecule has 0 atom stereocenters. The summed E-state index contributed by atoms with van der Waals surface area (Å²) < 4.78 is 5.81. The van der Waals surface area contributed by atoms with Gasteiger partial charge < -0.3 is 15.0 Å². The lowest BCUT2D eigenvalue weighted by molar-refractivity contribution is 0.102. The van der Waals surface area contributed by atoms with Crippen molar-refractivity contribution >= 4 is 22.5 Å². The second-order valence-corrected chi connectivity index (χ2v) is 6.79. The normalized spacial score (nSPS) is 10.7. The van der Waals surface area contributed by atoms with Gasteiger partial charge in [0.05, 0.1) is 0 Å². The maximum absolute atomic E-state index is 12.8.